The molecule has 96 valence electrons. The maximum absolute atomic E-state index is 10.0. The molecule has 2 N–H and O–H groups in total. The minimum Gasteiger partial charge on any atom is -0.507 e. The van der Waals surface area contributed by atoms with Crippen LogP contribution < -0.4 is 4.74 Å². The zero-order valence-electron chi connectivity index (χ0n) is 10.8. The van der Waals surface area contributed by atoms with Gasteiger partial charge in [0.25, 0.3) is 0 Å². The maximum Gasteiger partial charge on any atom is 0.142 e. The number of imidazole rings is 1. The topological polar surface area (TPSA) is 58.1 Å². The second-order valence-electron chi connectivity index (χ2n) is 4.49. The average Bonchev–Trinajstić information content (AvgIpc) is 2.81. The van der Waals surface area contributed by atoms with Gasteiger partial charge in [-0.1, -0.05) is 6.07 Å². The molecule has 1 heterocycles. The van der Waals surface area contributed by atoms with Crippen LogP contribution in [-0.4, -0.2) is 22.2 Å². The number of aromatic nitrogens is 2. The zero-order valence-corrected chi connectivity index (χ0v) is 10.8. The van der Waals surface area contributed by atoms with E-state index in [9.17, 15) is 5.11 Å². The van der Waals surface area contributed by atoms with Crippen LogP contribution in [0.3, 0.4) is 0 Å². The summed E-state index contributed by atoms with van der Waals surface area (Å²) in [6, 6.07) is 11.2. The molecule has 0 amide bonds. The summed E-state index contributed by atoms with van der Waals surface area (Å²) in [6.07, 6.45) is 0. The first-order chi connectivity index (χ1) is 9.17. The van der Waals surface area contributed by atoms with Crippen LogP contribution in [0.5, 0.6) is 11.5 Å². The van der Waals surface area contributed by atoms with E-state index in [0.29, 0.717) is 17.1 Å². The first-order valence-electron chi connectivity index (χ1n) is 6.01. The van der Waals surface area contributed by atoms with Gasteiger partial charge in [0.2, 0.25) is 0 Å². The van der Waals surface area contributed by atoms with E-state index < -0.39 is 0 Å². The van der Waals surface area contributed by atoms with Crippen molar-refractivity contribution in [3.8, 4) is 22.9 Å². The maximum atomic E-state index is 10.0. The molecule has 1 aromatic heterocycles. The van der Waals surface area contributed by atoms with E-state index in [1.807, 2.05) is 25.1 Å². The van der Waals surface area contributed by atoms with Gasteiger partial charge in [-0.05, 0) is 36.8 Å². The summed E-state index contributed by atoms with van der Waals surface area (Å²) in [4.78, 5) is 7.70. The molecule has 0 unspecified atom stereocenters. The van der Waals surface area contributed by atoms with Crippen LogP contribution in [0.25, 0.3) is 22.4 Å². The normalized spacial score (nSPS) is 10.8. The number of benzene rings is 2. The first-order valence-corrected chi connectivity index (χ1v) is 6.01. The molecule has 0 aliphatic rings. The molecule has 0 saturated carbocycles. The highest BCUT2D eigenvalue weighted by atomic mass is 16.5. The number of hydrogen-bond acceptors (Lipinski definition) is 3. The van der Waals surface area contributed by atoms with Crippen molar-refractivity contribution in [2.45, 2.75) is 6.92 Å². The zero-order chi connectivity index (χ0) is 13.4. The number of H-pyrrole nitrogens is 1. The van der Waals surface area contributed by atoms with Crippen molar-refractivity contribution in [3.63, 3.8) is 0 Å². The predicted molar refractivity (Wildman–Crippen MR) is 74.5 cm³/mol. The van der Waals surface area contributed by atoms with Crippen LogP contribution in [-0.2, 0) is 0 Å². The van der Waals surface area contributed by atoms with Gasteiger partial charge in [-0.25, -0.2) is 4.98 Å². The van der Waals surface area contributed by atoms with Gasteiger partial charge >= 0.3 is 0 Å². The summed E-state index contributed by atoms with van der Waals surface area (Å²) in [7, 11) is 1.57. The standard InChI is InChI=1S/C15H14N2O2/c1-9-3-6-12-13(7-9)17-15(16-12)11-5-4-10(19-2)8-14(11)18/h3-8,18H,1-2H3,(H,16,17). The van der Waals surface area contributed by atoms with Crippen molar-refractivity contribution in [1.29, 1.82) is 0 Å². The second-order valence-corrected chi connectivity index (χ2v) is 4.49. The number of aromatic hydroxyl groups is 1. The number of aromatic amines is 1. The Hall–Kier alpha value is -2.49. The number of nitrogens with zero attached hydrogens (tertiary/aromatic N) is 1. The molecular formula is C15H14N2O2. The highest BCUT2D eigenvalue weighted by Crippen LogP contribution is 2.31. The number of ether oxygens (including phenoxy) is 1. The van der Waals surface area contributed by atoms with Gasteiger partial charge in [-0.15, -0.1) is 0 Å². The molecule has 3 rings (SSSR count). The lowest BCUT2D eigenvalue weighted by Crippen LogP contribution is -1.85. The summed E-state index contributed by atoms with van der Waals surface area (Å²) in [5.74, 6) is 1.42. The summed E-state index contributed by atoms with van der Waals surface area (Å²) in [6.45, 7) is 2.03. The van der Waals surface area contributed by atoms with E-state index in [4.69, 9.17) is 4.74 Å². The van der Waals surface area contributed by atoms with E-state index in [1.54, 1.807) is 25.3 Å². The van der Waals surface area contributed by atoms with Crippen LogP contribution in [0.15, 0.2) is 36.4 Å². The number of phenols is 1. The van der Waals surface area contributed by atoms with Crippen molar-refractivity contribution >= 4 is 11.0 Å². The minimum atomic E-state index is 0.148. The summed E-state index contributed by atoms with van der Waals surface area (Å²) in [5.41, 5.74) is 3.68. The van der Waals surface area contributed by atoms with Crippen molar-refractivity contribution in [2.75, 3.05) is 7.11 Å². The molecule has 3 aromatic rings. The molecule has 4 heteroatoms. The second kappa shape index (κ2) is 4.31. The SMILES string of the molecule is COc1ccc(-c2nc3ccc(C)cc3[nH]2)c(O)c1. The Morgan fingerprint density at radius 2 is 2.00 bits per heavy atom. The van der Waals surface area contributed by atoms with Crippen LogP contribution in [0, 0.1) is 6.92 Å². The van der Waals surface area contributed by atoms with Crippen LogP contribution in [0.2, 0.25) is 0 Å². The highest BCUT2D eigenvalue weighted by Gasteiger charge is 2.10. The monoisotopic (exact) mass is 254 g/mol. The van der Waals surface area contributed by atoms with Crippen LogP contribution in [0.4, 0.5) is 0 Å². The lowest BCUT2D eigenvalue weighted by molar-refractivity contribution is 0.408. The van der Waals surface area contributed by atoms with Crippen LogP contribution >= 0.6 is 0 Å². The Labute approximate surface area is 110 Å². The number of nitrogens with one attached hydrogen (secondary N) is 1. The van der Waals surface area contributed by atoms with Gasteiger partial charge in [0, 0.05) is 6.07 Å². The largest absolute Gasteiger partial charge is 0.507 e. The molecule has 0 fully saturated rings. The van der Waals surface area contributed by atoms with Gasteiger partial charge < -0.3 is 14.8 Å². The number of aryl methyl sites for hydroxylation is 1. The average molecular weight is 254 g/mol. The molecule has 0 aliphatic carbocycles. The van der Waals surface area contributed by atoms with Gasteiger partial charge in [0.1, 0.15) is 17.3 Å². The Morgan fingerprint density at radius 1 is 1.16 bits per heavy atom. The summed E-state index contributed by atoms with van der Waals surface area (Å²) >= 11 is 0. The van der Waals surface area contributed by atoms with Crippen molar-refractivity contribution in [2.24, 2.45) is 0 Å². The molecule has 0 aliphatic heterocycles. The molecule has 4 nitrogen and oxygen atoms in total. The van der Waals surface area contributed by atoms with E-state index in [1.165, 1.54) is 5.56 Å². The van der Waals surface area contributed by atoms with Gasteiger partial charge in [0.15, 0.2) is 0 Å². The van der Waals surface area contributed by atoms with Gasteiger partial charge in [-0.2, -0.15) is 0 Å². The third kappa shape index (κ3) is 2.01. The van der Waals surface area contributed by atoms with E-state index in [2.05, 4.69) is 9.97 Å². The Bertz CT molecular complexity index is 747. The Morgan fingerprint density at radius 3 is 2.74 bits per heavy atom. The third-order valence-electron chi connectivity index (χ3n) is 3.10. The van der Waals surface area contributed by atoms with Crippen LogP contribution in [0.1, 0.15) is 5.56 Å². The predicted octanol–water partition coefficient (Wildman–Crippen LogP) is 3.25. The Kier molecular flexibility index (Phi) is 2.63. The number of phenolic OH excluding ortho intramolecular Hbond substituents is 1. The number of methoxy groups -OCH3 is 1. The molecule has 0 bridgehead atoms. The molecule has 19 heavy (non-hydrogen) atoms. The minimum absolute atomic E-state index is 0.148. The highest BCUT2D eigenvalue weighted by molar-refractivity contribution is 5.81. The number of rotatable bonds is 2. The van der Waals surface area contributed by atoms with Crippen molar-refractivity contribution in [3.05, 3.63) is 42.0 Å². The third-order valence-corrected chi connectivity index (χ3v) is 3.10. The molecule has 2 aromatic carbocycles. The quantitative estimate of drug-likeness (QED) is 0.738. The molecule has 0 saturated heterocycles. The lowest BCUT2D eigenvalue weighted by atomic mass is 10.2. The smallest absolute Gasteiger partial charge is 0.142 e. The summed E-state index contributed by atoms with van der Waals surface area (Å²) < 4.78 is 5.07. The van der Waals surface area contributed by atoms with Gasteiger partial charge in [-0.3, -0.25) is 0 Å². The van der Waals surface area contributed by atoms with Crippen molar-refractivity contribution < 1.29 is 9.84 Å². The fourth-order valence-corrected chi connectivity index (χ4v) is 2.09. The molecule has 0 atom stereocenters. The van der Waals surface area contributed by atoms with E-state index in [0.717, 1.165) is 11.0 Å². The fraction of sp³-hybridized carbons (Fsp3) is 0.133. The Balaban J connectivity index is 2.13. The van der Waals surface area contributed by atoms with Gasteiger partial charge in [0.05, 0.1) is 23.7 Å². The summed E-state index contributed by atoms with van der Waals surface area (Å²) in [5, 5.41) is 10.0. The fourth-order valence-electron chi connectivity index (χ4n) is 2.09. The number of fused-ring (bicyclic) bond motifs is 1. The molecule has 0 radical (unpaired) electrons. The molecular weight excluding hydrogens is 240 g/mol. The lowest BCUT2D eigenvalue weighted by Gasteiger charge is -2.04. The molecule has 0 spiro atoms. The van der Waals surface area contributed by atoms with Crippen molar-refractivity contribution in [1.82, 2.24) is 9.97 Å². The first kappa shape index (κ1) is 11.6. The van der Waals surface area contributed by atoms with E-state index in [-0.39, 0.29) is 5.75 Å². The van der Waals surface area contributed by atoms with E-state index >= 15 is 0 Å². The number of hydrogen-bond donors (Lipinski definition) is 2.